The molecule has 7 nitrogen and oxygen atoms in total. The highest BCUT2D eigenvalue weighted by Crippen LogP contribution is 2.61. The van der Waals surface area contributed by atoms with Crippen LogP contribution in [0.25, 0.3) is 0 Å². The van der Waals surface area contributed by atoms with Crippen LogP contribution in [0.4, 0.5) is 22.0 Å². The fraction of sp³-hybridized carbons (Fsp3) is 0.833. The van der Waals surface area contributed by atoms with Gasteiger partial charge in [-0.3, -0.25) is 14.1 Å². The van der Waals surface area contributed by atoms with Crippen LogP contribution in [0.1, 0.15) is 19.3 Å². The number of carbonyl (C=O) groups excluding carboxylic acids is 2. The van der Waals surface area contributed by atoms with E-state index in [4.69, 9.17) is 9.29 Å². The van der Waals surface area contributed by atoms with Crippen LogP contribution >= 0.6 is 0 Å². The monoisotopic (exact) mass is 394 g/mol. The third-order valence-electron chi connectivity index (χ3n) is 4.93. The lowest BCUT2D eigenvalue weighted by atomic mass is 9.81. The van der Waals surface area contributed by atoms with Gasteiger partial charge < -0.3 is 9.47 Å². The first kappa shape index (κ1) is 18.3. The van der Waals surface area contributed by atoms with Crippen molar-refractivity contribution in [2.24, 2.45) is 17.8 Å². The molecule has 3 bridgehead atoms. The zero-order valence-corrected chi connectivity index (χ0v) is 12.9. The lowest BCUT2D eigenvalue weighted by Crippen LogP contribution is -2.53. The Kier molecular flexibility index (Phi) is 3.68. The summed E-state index contributed by atoms with van der Waals surface area (Å²) in [6.45, 7) is 0. The van der Waals surface area contributed by atoms with E-state index in [1.165, 1.54) is 0 Å². The molecule has 3 fully saturated rings. The molecule has 1 spiro atoms. The van der Waals surface area contributed by atoms with Crippen LogP contribution in [0.5, 0.6) is 0 Å². The molecular formula is C12H11F5O7S. The maximum atomic E-state index is 13.4. The fourth-order valence-corrected chi connectivity index (χ4v) is 4.40. The number of hydrogen-bond donors (Lipinski definition) is 1. The van der Waals surface area contributed by atoms with E-state index in [0.29, 0.717) is 6.42 Å². The molecule has 1 aliphatic heterocycles. The van der Waals surface area contributed by atoms with Crippen molar-refractivity contribution in [3.8, 4) is 0 Å². The molecule has 0 amide bonds. The number of fused-ring (bicyclic) bond motifs is 3. The van der Waals surface area contributed by atoms with Gasteiger partial charge in [-0.15, -0.1) is 0 Å². The van der Waals surface area contributed by atoms with E-state index in [1.807, 2.05) is 0 Å². The zero-order chi connectivity index (χ0) is 19.0. The Morgan fingerprint density at radius 2 is 1.84 bits per heavy atom. The molecule has 2 aliphatic carbocycles. The summed E-state index contributed by atoms with van der Waals surface area (Å²) in [6, 6.07) is 0. The van der Waals surface area contributed by atoms with Crippen molar-refractivity contribution < 1.29 is 54.0 Å². The van der Waals surface area contributed by atoms with Gasteiger partial charge in [-0.05, 0) is 12.3 Å². The van der Waals surface area contributed by atoms with Crippen molar-refractivity contribution in [1.82, 2.24) is 0 Å². The van der Waals surface area contributed by atoms with Crippen molar-refractivity contribution >= 4 is 22.1 Å². The summed E-state index contributed by atoms with van der Waals surface area (Å²) in [4.78, 5) is 23.5. The first-order valence-corrected chi connectivity index (χ1v) is 8.47. The molecule has 5 atom stereocenters. The molecule has 3 aliphatic rings. The third-order valence-corrected chi connectivity index (χ3v) is 5.83. The van der Waals surface area contributed by atoms with Gasteiger partial charge in [0.05, 0.1) is 11.8 Å². The summed E-state index contributed by atoms with van der Waals surface area (Å²) in [5.74, 6) is -5.05. The number of esters is 2. The van der Waals surface area contributed by atoms with Crippen LogP contribution in [-0.4, -0.2) is 48.0 Å². The highest BCUT2D eigenvalue weighted by molar-refractivity contribution is 7.86. The van der Waals surface area contributed by atoms with E-state index in [-0.39, 0.29) is 12.8 Å². The predicted octanol–water partition coefficient (Wildman–Crippen LogP) is 1.28. The van der Waals surface area contributed by atoms with Gasteiger partial charge in [-0.1, -0.05) is 0 Å². The van der Waals surface area contributed by atoms with Gasteiger partial charge in [0.2, 0.25) is 0 Å². The van der Waals surface area contributed by atoms with Crippen LogP contribution in [0.3, 0.4) is 0 Å². The number of hydrogen-bond acceptors (Lipinski definition) is 6. The molecule has 3 rings (SSSR count). The Morgan fingerprint density at radius 1 is 1.24 bits per heavy atom. The Bertz CT molecular complexity index is 733. The summed E-state index contributed by atoms with van der Waals surface area (Å²) < 4.78 is 104. The van der Waals surface area contributed by atoms with Gasteiger partial charge in [0.25, 0.3) is 6.10 Å². The van der Waals surface area contributed by atoms with E-state index < -0.39 is 62.9 Å². The van der Waals surface area contributed by atoms with Crippen LogP contribution in [-0.2, 0) is 29.2 Å². The fourth-order valence-electron chi connectivity index (χ4n) is 3.94. The van der Waals surface area contributed by atoms with Crippen LogP contribution in [0.15, 0.2) is 0 Å². The van der Waals surface area contributed by atoms with Gasteiger partial charge in [-0.2, -0.15) is 30.4 Å². The second kappa shape index (κ2) is 5.02. The first-order valence-electron chi connectivity index (χ1n) is 7.03. The molecule has 142 valence electrons. The van der Waals surface area contributed by atoms with Crippen molar-refractivity contribution in [3.05, 3.63) is 0 Å². The van der Waals surface area contributed by atoms with Gasteiger partial charge in [0.1, 0.15) is 5.60 Å². The summed E-state index contributed by atoms with van der Waals surface area (Å²) >= 11 is 0. The number of alkyl halides is 5. The molecule has 0 radical (unpaired) electrons. The molecule has 25 heavy (non-hydrogen) atoms. The molecule has 0 aromatic carbocycles. The highest BCUT2D eigenvalue weighted by atomic mass is 32.2. The molecule has 1 N–H and O–H groups in total. The van der Waals surface area contributed by atoms with Gasteiger partial charge >= 0.3 is 33.5 Å². The van der Waals surface area contributed by atoms with Gasteiger partial charge in [0, 0.05) is 12.8 Å². The summed E-state index contributed by atoms with van der Waals surface area (Å²) in [7, 11) is -6.49. The molecule has 0 aromatic heterocycles. The number of carbonyl (C=O) groups is 2. The lowest BCUT2D eigenvalue weighted by Gasteiger charge is -2.29. The molecule has 0 aromatic rings. The van der Waals surface area contributed by atoms with Gasteiger partial charge in [-0.25, -0.2) is 0 Å². The third kappa shape index (κ3) is 2.67. The average Bonchev–Trinajstić information content (AvgIpc) is 3.03. The number of ether oxygens (including phenoxy) is 2. The maximum absolute atomic E-state index is 13.4. The summed E-state index contributed by atoms with van der Waals surface area (Å²) in [5, 5.41) is -5.78. The predicted molar refractivity (Wildman–Crippen MR) is 65.6 cm³/mol. The number of rotatable bonds is 4. The SMILES string of the molecule is O=C(OC(C(F)(F)F)C(F)(F)S(=O)(=O)O)C1CC23CC(C(=O)O2)C1C3. The van der Waals surface area contributed by atoms with Crippen LogP contribution < -0.4 is 0 Å². The van der Waals surface area contributed by atoms with E-state index in [1.54, 1.807) is 0 Å². The van der Waals surface area contributed by atoms with Crippen molar-refractivity contribution in [3.63, 3.8) is 0 Å². The molecule has 2 saturated carbocycles. The smallest absolute Gasteiger partial charge is 0.432 e. The largest absolute Gasteiger partial charge is 0.459 e. The summed E-state index contributed by atoms with van der Waals surface area (Å²) in [6.07, 6.45) is -10.00. The molecule has 13 heteroatoms. The van der Waals surface area contributed by atoms with E-state index in [2.05, 4.69) is 4.74 Å². The second-order valence-electron chi connectivity index (χ2n) is 6.49. The minimum atomic E-state index is -6.49. The minimum Gasteiger partial charge on any atom is -0.459 e. The average molecular weight is 394 g/mol. The lowest BCUT2D eigenvalue weighted by molar-refractivity contribution is -0.261. The Hall–Kier alpha value is -1.50. The zero-order valence-electron chi connectivity index (χ0n) is 12.1. The quantitative estimate of drug-likeness (QED) is 0.435. The van der Waals surface area contributed by atoms with Gasteiger partial charge in [0.15, 0.2) is 0 Å². The highest BCUT2D eigenvalue weighted by Gasteiger charge is 2.70. The molecular weight excluding hydrogens is 383 g/mol. The van der Waals surface area contributed by atoms with E-state index in [0.717, 1.165) is 0 Å². The van der Waals surface area contributed by atoms with Crippen LogP contribution in [0, 0.1) is 17.8 Å². The minimum absolute atomic E-state index is 0.180. The van der Waals surface area contributed by atoms with Crippen molar-refractivity contribution in [2.45, 2.75) is 42.4 Å². The molecule has 1 heterocycles. The maximum Gasteiger partial charge on any atom is 0.432 e. The standard InChI is InChI=1S/C12H11F5O7S/c13-11(14,15)9(12(16,17)25(20,21)22)23-7(18)5-2-10-1-4(5)6(3-10)8(19)24-10/h4-6,9H,1-3H2,(H,20,21,22). The normalized spacial score (nSPS) is 35.6. The molecule has 5 unspecified atom stereocenters. The van der Waals surface area contributed by atoms with Crippen molar-refractivity contribution in [2.75, 3.05) is 0 Å². The van der Waals surface area contributed by atoms with E-state index >= 15 is 0 Å². The first-order chi connectivity index (χ1) is 11.2. The Morgan fingerprint density at radius 3 is 2.32 bits per heavy atom. The topological polar surface area (TPSA) is 107 Å². The number of halogens is 5. The van der Waals surface area contributed by atoms with Crippen molar-refractivity contribution in [1.29, 1.82) is 0 Å². The summed E-state index contributed by atoms with van der Waals surface area (Å²) in [5.41, 5.74) is -1.00. The second-order valence-corrected chi connectivity index (χ2v) is 7.98. The van der Waals surface area contributed by atoms with E-state index in [9.17, 15) is 40.0 Å². The van der Waals surface area contributed by atoms with Crippen LogP contribution in [0.2, 0.25) is 0 Å². The molecule has 1 saturated heterocycles. The Balaban J connectivity index is 1.82. The Labute approximate surface area is 137 Å².